The van der Waals surface area contributed by atoms with Gasteiger partial charge in [-0.25, -0.2) is 0 Å². The maximum Gasteiger partial charge on any atom is 0.00108 e. The summed E-state index contributed by atoms with van der Waals surface area (Å²) in [5, 5.41) is 3.63. The highest BCUT2D eigenvalue weighted by Crippen LogP contribution is 2.33. The Kier molecular flexibility index (Phi) is 6.26. The minimum atomic E-state index is 0.319. The molecule has 0 heterocycles. The average Bonchev–Trinajstić information content (AvgIpc) is 2.34. The van der Waals surface area contributed by atoms with Crippen molar-refractivity contribution in [2.45, 2.75) is 61.3 Å². The van der Waals surface area contributed by atoms with Gasteiger partial charge in [-0.3, -0.25) is 0 Å². The molecule has 0 fully saturated rings. The predicted octanol–water partition coefficient (Wildman–Crippen LogP) is 4.82. The molecule has 20 heavy (non-hydrogen) atoms. The first-order chi connectivity index (χ1) is 9.30. The predicted molar refractivity (Wildman–Crippen MR) is 90.5 cm³/mol. The lowest BCUT2D eigenvalue weighted by Gasteiger charge is -2.35. The molecule has 0 aliphatic heterocycles. The zero-order valence-electron chi connectivity index (χ0n) is 14.6. The first-order valence-corrected chi connectivity index (χ1v) is 8.07. The van der Waals surface area contributed by atoms with Gasteiger partial charge in [0.25, 0.3) is 0 Å². The molecule has 1 rings (SSSR count). The fraction of sp³-hybridized carbons (Fsp3) is 0.684. The fourth-order valence-electron chi connectivity index (χ4n) is 2.91. The van der Waals surface area contributed by atoms with Crippen molar-refractivity contribution in [2.75, 3.05) is 13.1 Å². The molecule has 1 atom stereocenters. The second-order valence-corrected chi connectivity index (χ2v) is 7.04. The zero-order chi connectivity index (χ0) is 15.3. The monoisotopic (exact) mass is 275 g/mol. The number of hydrogen-bond donors (Lipinski definition) is 1. The minimum Gasteiger partial charge on any atom is -0.316 e. The lowest BCUT2D eigenvalue weighted by Crippen LogP contribution is -2.38. The second-order valence-electron chi connectivity index (χ2n) is 7.04. The fourth-order valence-corrected chi connectivity index (χ4v) is 2.91. The van der Waals surface area contributed by atoms with Crippen LogP contribution in [-0.4, -0.2) is 13.1 Å². The molecule has 1 unspecified atom stereocenters. The van der Waals surface area contributed by atoms with Gasteiger partial charge in [-0.05, 0) is 68.2 Å². The lowest BCUT2D eigenvalue weighted by atomic mass is 9.73. The molecule has 1 aromatic rings. The van der Waals surface area contributed by atoms with Gasteiger partial charge in [0.2, 0.25) is 0 Å². The molecular weight excluding hydrogens is 242 g/mol. The Hall–Kier alpha value is -0.820. The van der Waals surface area contributed by atoms with E-state index in [4.69, 9.17) is 0 Å². The molecule has 0 aliphatic carbocycles. The standard InChI is InChI=1S/C19H33N/c1-8-9-20-13-19(7,14(2)3)12-18-16(5)10-15(4)11-17(18)6/h10-11,14,20H,8-9,12-13H2,1-7H3. The molecule has 0 amide bonds. The summed E-state index contributed by atoms with van der Waals surface area (Å²) in [4.78, 5) is 0. The Labute approximate surface area is 126 Å². The van der Waals surface area contributed by atoms with Crippen LogP contribution in [-0.2, 0) is 6.42 Å². The highest BCUT2D eigenvalue weighted by Gasteiger charge is 2.29. The summed E-state index contributed by atoms with van der Waals surface area (Å²) in [5.74, 6) is 0.673. The topological polar surface area (TPSA) is 12.0 Å². The van der Waals surface area contributed by atoms with Crippen LogP contribution in [0.5, 0.6) is 0 Å². The number of rotatable bonds is 7. The van der Waals surface area contributed by atoms with E-state index in [1.165, 1.54) is 29.5 Å². The van der Waals surface area contributed by atoms with Gasteiger partial charge in [0, 0.05) is 6.54 Å². The Morgan fingerprint density at radius 2 is 1.65 bits per heavy atom. The third-order valence-electron chi connectivity index (χ3n) is 4.77. The molecule has 0 bridgehead atoms. The molecule has 0 radical (unpaired) electrons. The van der Waals surface area contributed by atoms with Gasteiger partial charge in [0.1, 0.15) is 0 Å². The average molecular weight is 275 g/mol. The summed E-state index contributed by atoms with van der Waals surface area (Å²) in [6, 6.07) is 4.64. The summed E-state index contributed by atoms with van der Waals surface area (Å²) in [5.41, 5.74) is 6.14. The van der Waals surface area contributed by atoms with Crippen molar-refractivity contribution in [3.8, 4) is 0 Å². The van der Waals surface area contributed by atoms with Gasteiger partial charge in [-0.2, -0.15) is 0 Å². The molecule has 0 saturated carbocycles. The van der Waals surface area contributed by atoms with Crippen LogP contribution < -0.4 is 5.32 Å². The number of nitrogens with one attached hydrogen (secondary N) is 1. The van der Waals surface area contributed by atoms with Crippen molar-refractivity contribution < 1.29 is 0 Å². The summed E-state index contributed by atoms with van der Waals surface area (Å²) in [7, 11) is 0. The van der Waals surface area contributed by atoms with Crippen molar-refractivity contribution >= 4 is 0 Å². The van der Waals surface area contributed by atoms with Crippen molar-refractivity contribution in [3.63, 3.8) is 0 Å². The molecule has 0 aromatic heterocycles. The SMILES string of the molecule is CCCNCC(C)(Cc1c(C)cc(C)cc1C)C(C)C. The normalized spacial score (nSPS) is 14.6. The smallest absolute Gasteiger partial charge is 0.00108 e. The number of aryl methyl sites for hydroxylation is 3. The van der Waals surface area contributed by atoms with E-state index in [2.05, 4.69) is 65.9 Å². The van der Waals surface area contributed by atoms with Gasteiger partial charge in [-0.15, -0.1) is 0 Å². The molecule has 1 N–H and O–H groups in total. The van der Waals surface area contributed by atoms with Crippen molar-refractivity contribution in [3.05, 3.63) is 34.4 Å². The second kappa shape index (κ2) is 7.26. The quantitative estimate of drug-likeness (QED) is 0.704. The van der Waals surface area contributed by atoms with Crippen LogP contribution in [0.25, 0.3) is 0 Å². The first kappa shape index (κ1) is 17.2. The van der Waals surface area contributed by atoms with E-state index in [-0.39, 0.29) is 0 Å². The van der Waals surface area contributed by atoms with E-state index in [1.807, 2.05) is 0 Å². The lowest BCUT2D eigenvalue weighted by molar-refractivity contribution is 0.207. The molecule has 114 valence electrons. The Balaban J connectivity index is 2.96. The number of hydrogen-bond acceptors (Lipinski definition) is 1. The molecule has 1 heteroatoms. The highest BCUT2D eigenvalue weighted by atomic mass is 14.9. The van der Waals surface area contributed by atoms with Gasteiger partial charge < -0.3 is 5.32 Å². The van der Waals surface area contributed by atoms with Crippen LogP contribution >= 0.6 is 0 Å². The molecule has 1 aromatic carbocycles. The summed E-state index contributed by atoms with van der Waals surface area (Å²) in [6.07, 6.45) is 2.37. The van der Waals surface area contributed by atoms with Crippen LogP contribution in [0.2, 0.25) is 0 Å². The third-order valence-corrected chi connectivity index (χ3v) is 4.77. The van der Waals surface area contributed by atoms with Crippen molar-refractivity contribution in [2.24, 2.45) is 11.3 Å². The molecule has 0 aliphatic rings. The van der Waals surface area contributed by atoms with Crippen LogP contribution in [0.4, 0.5) is 0 Å². The van der Waals surface area contributed by atoms with Crippen LogP contribution in [0.15, 0.2) is 12.1 Å². The molecule has 0 spiro atoms. The summed E-state index contributed by atoms with van der Waals surface area (Å²) in [6.45, 7) is 18.3. The summed E-state index contributed by atoms with van der Waals surface area (Å²) >= 11 is 0. The van der Waals surface area contributed by atoms with Crippen molar-refractivity contribution in [1.82, 2.24) is 5.32 Å². The minimum absolute atomic E-state index is 0.319. The highest BCUT2D eigenvalue weighted by molar-refractivity contribution is 5.38. The Morgan fingerprint density at radius 3 is 2.10 bits per heavy atom. The van der Waals surface area contributed by atoms with E-state index in [9.17, 15) is 0 Å². The molecule has 0 saturated heterocycles. The van der Waals surface area contributed by atoms with E-state index in [0.717, 1.165) is 13.1 Å². The molecule has 1 nitrogen and oxygen atoms in total. The third kappa shape index (κ3) is 4.34. The van der Waals surface area contributed by atoms with E-state index in [0.29, 0.717) is 11.3 Å². The van der Waals surface area contributed by atoms with Crippen LogP contribution in [0.1, 0.15) is 56.4 Å². The van der Waals surface area contributed by atoms with Gasteiger partial charge in [0.05, 0.1) is 0 Å². The van der Waals surface area contributed by atoms with E-state index >= 15 is 0 Å². The Morgan fingerprint density at radius 1 is 1.10 bits per heavy atom. The van der Waals surface area contributed by atoms with Gasteiger partial charge >= 0.3 is 0 Å². The number of benzene rings is 1. The van der Waals surface area contributed by atoms with Gasteiger partial charge in [-0.1, -0.05) is 45.4 Å². The Bertz CT molecular complexity index is 410. The maximum absolute atomic E-state index is 3.63. The van der Waals surface area contributed by atoms with Gasteiger partial charge in [0.15, 0.2) is 0 Å². The largest absolute Gasteiger partial charge is 0.316 e. The van der Waals surface area contributed by atoms with Crippen LogP contribution in [0, 0.1) is 32.1 Å². The first-order valence-electron chi connectivity index (χ1n) is 8.07. The molecular formula is C19H33N. The van der Waals surface area contributed by atoms with E-state index in [1.54, 1.807) is 5.56 Å². The van der Waals surface area contributed by atoms with E-state index < -0.39 is 0 Å². The van der Waals surface area contributed by atoms with Crippen LogP contribution in [0.3, 0.4) is 0 Å². The maximum atomic E-state index is 3.63. The summed E-state index contributed by atoms with van der Waals surface area (Å²) < 4.78 is 0. The van der Waals surface area contributed by atoms with Crippen molar-refractivity contribution in [1.29, 1.82) is 0 Å². The zero-order valence-corrected chi connectivity index (χ0v) is 14.6.